The van der Waals surface area contributed by atoms with E-state index in [0.29, 0.717) is 24.6 Å². The Bertz CT molecular complexity index is 737. The fourth-order valence-corrected chi connectivity index (χ4v) is 2.31. The van der Waals surface area contributed by atoms with Crippen molar-refractivity contribution in [3.05, 3.63) is 64.4 Å². The SMILES string of the molecule is COCCCNC(=O)c1cccc(C(=O)NCc2ccccc2Cl)n1. The van der Waals surface area contributed by atoms with Crippen LogP contribution in [0, 0.1) is 0 Å². The molecule has 0 fully saturated rings. The van der Waals surface area contributed by atoms with Crippen LogP contribution in [0.5, 0.6) is 0 Å². The van der Waals surface area contributed by atoms with Gasteiger partial charge in [0.15, 0.2) is 0 Å². The van der Waals surface area contributed by atoms with Crippen LogP contribution in [0.3, 0.4) is 0 Å². The molecule has 25 heavy (non-hydrogen) atoms. The van der Waals surface area contributed by atoms with Gasteiger partial charge in [-0.1, -0.05) is 35.9 Å². The maximum atomic E-state index is 12.2. The van der Waals surface area contributed by atoms with Gasteiger partial charge in [-0.05, 0) is 30.2 Å². The van der Waals surface area contributed by atoms with E-state index in [1.54, 1.807) is 31.4 Å². The fourth-order valence-electron chi connectivity index (χ4n) is 2.10. The topological polar surface area (TPSA) is 80.3 Å². The number of carbonyl (C=O) groups is 2. The molecule has 0 aliphatic rings. The maximum Gasteiger partial charge on any atom is 0.270 e. The first kappa shape index (κ1) is 18.9. The number of halogens is 1. The predicted octanol–water partition coefficient (Wildman–Crippen LogP) is 2.43. The Morgan fingerprint density at radius 1 is 1.04 bits per heavy atom. The van der Waals surface area contributed by atoms with Crippen molar-refractivity contribution in [1.29, 1.82) is 0 Å². The lowest BCUT2D eigenvalue weighted by molar-refractivity contribution is 0.0940. The summed E-state index contributed by atoms with van der Waals surface area (Å²) in [5, 5.41) is 6.07. The molecular formula is C18H20ClN3O3. The van der Waals surface area contributed by atoms with Crippen molar-refractivity contribution in [1.82, 2.24) is 15.6 Å². The first-order valence-corrected chi connectivity index (χ1v) is 8.25. The first-order valence-electron chi connectivity index (χ1n) is 7.87. The van der Waals surface area contributed by atoms with Gasteiger partial charge in [-0.15, -0.1) is 0 Å². The second kappa shape index (κ2) is 9.76. The van der Waals surface area contributed by atoms with Gasteiger partial charge < -0.3 is 15.4 Å². The number of hydrogen-bond acceptors (Lipinski definition) is 4. The van der Waals surface area contributed by atoms with Gasteiger partial charge in [0.2, 0.25) is 0 Å². The van der Waals surface area contributed by atoms with E-state index in [2.05, 4.69) is 15.6 Å². The van der Waals surface area contributed by atoms with Gasteiger partial charge in [0, 0.05) is 31.8 Å². The highest BCUT2D eigenvalue weighted by Crippen LogP contribution is 2.14. The Balaban J connectivity index is 1.94. The zero-order valence-corrected chi connectivity index (χ0v) is 14.7. The summed E-state index contributed by atoms with van der Waals surface area (Å²) < 4.78 is 4.92. The summed E-state index contributed by atoms with van der Waals surface area (Å²) in [6.07, 6.45) is 0.709. The van der Waals surface area contributed by atoms with Gasteiger partial charge in [-0.2, -0.15) is 0 Å². The van der Waals surface area contributed by atoms with Gasteiger partial charge in [-0.3, -0.25) is 9.59 Å². The molecule has 2 aromatic rings. The molecule has 0 saturated carbocycles. The molecule has 2 rings (SSSR count). The molecule has 132 valence electrons. The normalized spacial score (nSPS) is 10.3. The number of methoxy groups -OCH3 is 1. The van der Waals surface area contributed by atoms with E-state index < -0.39 is 0 Å². The lowest BCUT2D eigenvalue weighted by Crippen LogP contribution is -2.28. The third kappa shape index (κ3) is 5.85. The quantitative estimate of drug-likeness (QED) is 0.708. The van der Waals surface area contributed by atoms with Crippen molar-refractivity contribution in [2.24, 2.45) is 0 Å². The molecule has 0 unspecified atom stereocenters. The van der Waals surface area contributed by atoms with Gasteiger partial charge in [0.25, 0.3) is 11.8 Å². The lowest BCUT2D eigenvalue weighted by atomic mass is 10.2. The second-order valence-corrected chi connectivity index (χ2v) is 5.69. The van der Waals surface area contributed by atoms with E-state index in [1.165, 1.54) is 0 Å². The molecule has 0 bridgehead atoms. The number of hydrogen-bond donors (Lipinski definition) is 2. The lowest BCUT2D eigenvalue weighted by Gasteiger charge is -2.08. The molecule has 0 aliphatic carbocycles. The number of nitrogens with zero attached hydrogens (tertiary/aromatic N) is 1. The summed E-state index contributed by atoms with van der Waals surface area (Å²) in [5.74, 6) is -0.689. The number of ether oxygens (including phenoxy) is 1. The molecule has 0 radical (unpaired) electrons. The molecule has 2 amide bonds. The molecule has 0 spiro atoms. The van der Waals surface area contributed by atoms with Crippen LogP contribution in [-0.4, -0.2) is 37.1 Å². The van der Waals surface area contributed by atoms with E-state index in [4.69, 9.17) is 16.3 Å². The van der Waals surface area contributed by atoms with Crippen LogP contribution >= 0.6 is 11.6 Å². The van der Waals surface area contributed by atoms with Crippen molar-refractivity contribution in [3.63, 3.8) is 0 Å². The summed E-state index contributed by atoms with van der Waals surface area (Å²) in [6, 6.07) is 12.0. The standard InChI is InChI=1S/C18H20ClN3O3/c1-25-11-5-10-20-17(23)15-8-4-9-16(22-15)18(24)21-12-13-6-2-3-7-14(13)19/h2-4,6-9H,5,10-12H2,1H3,(H,20,23)(H,21,24). The number of benzene rings is 1. The third-order valence-electron chi connectivity index (χ3n) is 3.42. The minimum Gasteiger partial charge on any atom is -0.385 e. The van der Waals surface area contributed by atoms with E-state index in [0.717, 1.165) is 5.56 Å². The third-order valence-corrected chi connectivity index (χ3v) is 3.79. The Labute approximate surface area is 151 Å². The van der Waals surface area contributed by atoms with Crippen LogP contribution in [0.2, 0.25) is 5.02 Å². The molecule has 1 heterocycles. The van der Waals surface area contributed by atoms with Crippen molar-refractivity contribution in [2.45, 2.75) is 13.0 Å². The Morgan fingerprint density at radius 3 is 2.40 bits per heavy atom. The van der Waals surface area contributed by atoms with Crippen LogP contribution in [0.15, 0.2) is 42.5 Å². The molecule has 2 N–H and O–H groups in total. The first-order chi connectivity index (χ1) is 12.1. The molecule has 6 nitrogen and oxygen atoms in total. The monoisotopic (exact) mass is 361 g/mol. The zero-order chi connectivity index (χ0) is 18.1. The second-order valence-electron chi connectivity index (χ2n) is 5.28. The van der Waals surface area contributed by atoms with Gasteiger partial charge in [-0.25, -0.2) is 4.98 Å². The number of rotatable bonds is 8. The van der Waals surface area contributed by atoms with Crippen LogP contribution < -0.4 is 10.6 Å². The van der Waals surface area contributed by atoms with Crippen molar-refractivity contribution < 1.29 is 14.3 Å². The van der Waals surface area contributed by atoms with Crippen molar-refractivity contribution in [2.75, 3.05) is 20.3 Å². The Hall–Kier alpha value is -2.44. The molecule has 1 aromatic heterocycles. The average Bonchev–Trinajstić information content (AvgIpc) is 2.64. The summed E-state index contributed by atoms with van der Waals surface area (Å²) in [4.78, 5) is 28.4. The smallest absolute Gasteiger partial charge is 0.270 e. The number of nitrogens with one attached hydrogen (secondary N) is 2. The number of amides is 2. The summed E-state index contributed by atoms with van der Waals surface area (Å²) in [5.41, 5.74) is 1.18. The van der Waals surface area contributed by atoms with Crippen molar-refractivity contribution in [3.8, 4) is 0 Å². The molecule has 7 heteroatoms. The van der Waals surface area contributed by atoms with Gasteiger partial charge >= 0.3 is 0 Å². The van der Waals surface area contributed by atoms with E-state index in [-0.39, 0.29) is 29.7 Å². The van der Waals surface area contributed by atoms with E-state index >= 15 is 0 Å². The minimum absolute atomic E-state index is 0.177. The Morgan fingerprint density at radius 2 is 1.72 bits per heavy atom. The molecule has 0 atom stereocenters. The van der Waals surface area contributed by atoms with Crippen LogP contribution in [-0.2, 0) is 11.3 Å². The molecule has 0 aliphatic heterocycles. The largest absolute Gasteiger partial charge is 0.385 e. The predicted molar refractivity (Wildman–Crippen MR) is 95.7 cm³/mol. The van der Waals surface area contributed by atoms with Crippen LogP contribution in [0.25, 0.3) is 0 Å². The van der Waals surface area contributed by atoms with Crippen molar-refractivity contribution >= 4 is 23.4 Å². The van der Waals surface area contributed by atoms with Crippen LogP contribution in [0.4, 0.5) is 0 Å². The summed E-state index contributed by atoms with van der Waals surface area (Å²) >= 11 is 6.06. The summed E-state index contributed by atoms with van der Waals surface area (Å²) in [6.45, 7) is 1.34. The highest BCUT2D eigenvalue weighted by atomic mass is 35.5. The average molecular weight is 362 g/mol. The zero-order valence-electron chi connectivity index (χ0n) is 13.9. The number of carbonyl (C=O) groups excluding carboxylic acids is 2. The highest BCUT2D eigenvalue weighted by Gasteiger charge is 2.12. The summed E-state index contributed by atoms with van der Waals surface area (Å²) in [7, 11) is 1.61. The van der Waals surface area contributed by atoms with E-state index in [9.17, 15) is 9.59 Å². The maximum absolute atomic E-state index is 12.2. The van der Waals surface area contributed by atoms with Gasteiger partial charge in [0.05, 0.1) is 0 Å². The molecular weight excluding hydrogens is 342 g/mol. The highest BCUT2D eigenvalue weighted by molar-refractivity contribution is 6.31. The molecule has 1 aromatic carbocycles. The molecule has 0 saturated heterocycles. The number of aromatic nitrogens is 1. The Kier molecular flexibility index (Phi) is 7.37. The van der Waals surface area contributed by atoms with Crippen LogP contribution in [0.1, 0.15) is 33.0 Å². The van der Waals surface area contributed by atoms with Gasteiger partial charge in [0.1, 0.15) is 11.4 Å². The fraction of sp³-hybridized carbons (Fsp3) is 0.278. The minimum atomic E-state index is -0.367. The van der Waals surface area contributed by atoms with E-state index in [1.807, 2.05) is 18.2 Å². The number of pyridine rings is 1.